The molecule has 86 valence electrons. The summed E-state index contributed by atoms with van der Waals surface area (Å²) < 4.78 is 0. The largest absolute Gasteiger partial charge is 0.481 e. The van der Waals surface area contributed by atoms with Crippen LogP contribution in [0.5, 0.6) is 0 Å². The molecule has 0 aliphatic heterocycles. The smallest absolute Gasteiger partial charge is 0.306 e. The second kappa shape index (κ2) is 4.28. The van der Waals surface area contributed by atoms with E-state index in [0.29, 0.717) is 5.92 Å². The van der Waals surface area contributed by atoms with Crippen LogP contribution in [0.25, 0.3) is 0 Å². The number of carboxylic acids is 1. The minimum absolute atomic E-state index is 0.0647. The molecule has 1 aromatic carbocycles. The molecule has 2 heteroatoms. The summed E-state index contributed by atoms with van der Waals surface area (Å²) in [6.45, 7) is 4.22. The Morgan fingerprint density at radius 2 is 2.19 bits per heavy atom. The molecule has 1 fully saturated rings. The van der Waals surface area contributed by atoms with Crippen molar-refractivity contribution < 1.29 is 9.90 Å². The molecule has 16 heavy (non-hydrogen) atoms. The Morgan fingerprint density at radius 3 is 2.81 bits per heavy atom. The number of aryl methyl sites for hydroxylation is 3. The lowest BCUT2D eigenvalue weighted by atomic mass is 10.00. The quantitative estimate of drug-likeness (QED) is 0.843. The second-order valence-electron chi connectivity index (χ2n) is 4.91. The van der Waals surface area contributed by atoms with Gasteiger partial charge in [0.25, 0.3) is 0 Å². The van der Waals surface area contributed by atoms with E-state index in [1.165, 1.54) is 16.7 Å². The van der Waals surface area contributed by atoms with Gasteiger partial charge in [0.1, 0.15) is 0 Å². The molecule has 2 nitrogen and oxygen atoms in total. The molecule has 1 aliphatic rings. The molecule has 1 saturated carbocycles. The predicted molar refractivity (Wildman–Crippen MR) is 63.5 cm³/mol. The molecule has 2 atom stereocenters. The van der Waals surface area contributed by atoms with E-state index >= 15 is 0 Å². The molecule has 2 rings (SSSR count). The maximum atomic E-state index is 10.7. The molecule has 0 saturated heterocycles. The van der Waals surface area contributed by atoms with Crippen molar-refractivity contribution >= 4 is 5.97 Å². The molecule has 1 aromatic rings. The lowest BCUT2D eigenvalue weighted by molar-refractivity contribution is -0.138. The number of rotatable bonds is 4. The van der Waals surface area contributed by atoms with E-state index in [4.69, 9.17) is 5.11 Å². The maximum Gasteiger partial charge on any atom is 0.306 e. The van der Waals surface area contributed by atoms with Crippen molar-refractivity contribution in [2.24, 2.45) is 11.8 Å². The van der Waals surface area contributed by atoms with Gasteiger partial charge in [-0.1, -0.05) is 23.8 Å². The highest BCUT2D eigenvalue weighted by Crippen LogP contribution is 2.42. The Hall–Kier alpha value is -1.31. The number of aliphatic carboxylic acids is 1. The summed E-state index contributed by atoms with van der Waals surface area (Å²) in [5.41, 5.74) is 3.97. The summed E-state index contributed by atoms with van der Waals surface area (Å²) in [7, 11) is 0. The summed E-state index contributed by atoms with van der Waals surface area (Å²) in [5.74, 6) is -0.270. The monoisotopic (exact) mass is 218 g/mol. The first-order valence-corrected chi connectivity index (χ1v) is 5.87. The summed E-state index contributed by atoms with van der Waals surface area (Å²) in [5, 5.41) is 8.82. The van der Waals surface area contributed by atoms with Gasteiger partial charge in [-0.3, -0.25) is 4.79 Å². The van der Waals surface area contributed by atoms with Gasteiger partial charge in [0.05, 0.1) is 5.92 Å². The first-order valence-electron chi connectivity index (χ1n) is 5.87. The molecule has 0 spiro atoms. The molecule has 1 N–H and O–H groups in total. The summed E-state index contributed by atoms with van der Waals surface area (Å²) in [4.78, 5) is 10.7. The van der Waals surface area contributed by atoms with E-state index in [9.17, 15) is 4.79 Å². The average Bonchev–Trinajstić information content (AvgIpc) is 2.99. The third kappa shape index (κ3) is 2.43. The van der Waals surface area contributed by atoms with Crippen LogP contribution in [0.1, 0.15) is 29.5 Å². The van der Waals surface area contributed by atoms with Gasteiger partial charge in [0, 0.05) is 0 Å². The summed E-state index contributed by atoms with van der Waals surface area (Å²) in [6, 6.07) is 6.48. The molecule has 0 heterocycles. The van der Waals surface area contributed by atoms with Gasteiger partial charge in [0.15, 0.2) is 0 Å². The van der Waals surface area contributed by atoms with Crippen molar-refractivity contribution in [3.63, 3.8) is 0 Å². The van der Waals surface area contributed by atoms with Crippen molar-refractivity contribution in [2.45, 2.75) is 33.1 Å². The van der Waals surface area contributed by atoms with Gasteiger partial charge in [0.2, 0.25) is 0 Å². The fourth-order valence-electron chi connectivity index (χ4n) is 2.28. The average molecular weight is 218 g/mol. The van der Waals surface area contributed by atoms with Crippen molar-refractivity contribution in [3.8, 4) is 0 Å². The van der Waals surface area contributed by atoms with Gasteiger partial charge < -0.3 is 5.11 Å². The fraction of sp³-hybridized carbons (Fsp3) is 0.500. The van der Waals surface area contributed by atoms with Gasteiger partial charge in [-0.25, -0.2) is 0 Å². The van der Waals surface area contributed by atoms with Crippen LogP contribution in [-0.2, 0) is 11.2 Å². The Morgan fingerprint density at radius 1 is 1.44 bits per heavy atom. The normalized spacial score (nSPS) is 23.1. The fourth-order valence-corrected chi connectivity index (χ4v) is 2.28. The predicted octanol–water partition coefficient (Wildman–Crippen LogP) is 2.96. The van der Waals surface area contributed by atoms with Crippen LogP contribution < -0.4 is 0 Å². The molecule has 0 radical (unpaired) electrons. The molecular formula is C14H18O2. The van der Waals surface area contributed by atoms with Crippen LogP contribution in [0.4, 0.5) is 0 Å². The molecule has 1 aliphatic carbocycles. The summed E-state index contributed by atoms with van der Waals surface area (Å²) >= 11 is 0. The number of carbonyl (C=O) groups is 1. The highest BCUT2D eigenvalue weighted by molar-refractivity contribution is 5.73. The highest BCUT2D eigenvalue weighted by atomic mass is 16.4. The Bertz CT molecular complexity index is 409. The van der Waals surface area contributed by atoms with E-state index in [-0.39, 0.29) is 5.92 Å². The van der Waals surface area contributed by atoms with Gasteiger partial charge >= 0.3 is 5.97 Å². The minimum atomic E-state index is -0.619. The van der Waals surface area contributed by atoms with Crippen molar-refractivity contribution in [3.05, 3.63) is 34.9 Å². The van der Waals surface area contributed by atoms with Crippen LogP contribution in [0.15, 0.2) is 18.2 Å². The van der Waals surface area contributed by atoms with Crippen molar-refractivity contribution in [1.29, 1.82) is 0 Å². The van der Waals surface area contributed by atoms with Crippen molar-refractivity contribution in [1.82, 2.24) is 0 Å². The Labute approximate surface area is 96.3 Å². The molecule has 0 aromatic heterocycles. The third-order valence-electron chi connectivity index (χ3n) is 3.53. The first-order chi connectivity index (χ1) is 7.58. The van der Waals surface area contributed by atoms with Crippen LogP contribution in [-0.4, -0.2) is 11.1 Å². The van der Waals surface area contributed by atoms with Gasteiger partial charge in [-0.05, 0) is 50.2 Å². The number of hydrogen-bond donors (Lipinski definition) is 1. The van der Waals surface area contributed by atoms with Crippen LogP contribution in [0.3, 0.4) is 0 Å². The van der Waals surface area contributed by atoms with Gasteiger partial charge in [-0.2, -0.15) is 0 Å². The number of benzene rings is 1. The Kier molecular flexibility index (Phi) is 2.99. The van der Waals surface area contributed by atoms with Gasteiger partial charge in [-0.15, -0.1) is 0 Å². The van der Waals surface area contributed by atoms with E-state index in [1.54, 1.807) is 0 Å². The minimum Gasteiger partial charge on any atom is -0.481 e. The SMILES string of the molecule is Cc1ccc(C)c(CCC2CC2C(=O)O)c1. The van der Waals surface area contributed by atoms with E-state index in [0.717, 1.165) is 19.3 Å². The molecule has 2 unspecified atom stereocenters. The second-order valence-corrected chi connectivity index (χ2v) is 4.91. The molecule has 0 amide bonds. The number of hydrogen-bond acceptors (Lipinski definition) is 1. The Balaban J connectivity index is 1.91. The summed E-state index contributed by atoms with van der Waals surface area (Å²) in [6.07, 6.45) is 2.91. The molecular weight excluding hydrogens is 200 g/mol. The zero-order valence-electron chi connectivity index (χ0n) is 9.86. The van der Waals surface area contributed by atoms with E-state index < -0.39 is 5.97 Å². The standard InChI is InChI=1S/C14H18O2/c1-9-3-4-10(2)11(7-9)5-6-12-8-13(12)14(15)16/h3-4,7,12-13H,5-6,8H2,1-2H3,(H,15,16). The van der Waals surface area contributed by atoms with E-state index in [1.807, 2.05) is 0 Å². The molecule has 0 bridgehead atoms. The van der Waals surface area contributed by atoms with Crippen LogP contribution in [0, 0.1) is 25.7 Å². The van der Waals surface area contributed by atoms with E-state index in [2.05, 4.69) is 32.0 Å². The zero-order chi connectivity index (χ0) is 11.7. The lowest BCUT2D eigenvalue weighted by Gasteiger charge is -2.06. The topological polar surface area (TPSA) is 37.3 Å². The zero-order valence-corrected chi connectivity index (χ0v) is 9.86. The van der Waals surface area contributed by atoms with Crippen LogP contribution >= 0.6 is 0 Å². The maximum absolute atomic E-state index is 10.7. The highest BCUT2D eigenvalue weighted by Gasteiger charge is 2.42. The van der Waals surface area contributed by atoms with Crippen LogP contribution in [0.2, 0.25) is 0 Å². The third-order valence-corrected chi connectivity index (χ3v) is 3.53. The lowest BCUT2D eigenvalue weighted by Crippen LogP contribution is -2.00. The first kappa shape index (κ1) is 11.2. The number of carboxylic acid groups (broad SMARTS) is 1. The van der Waals surface area contributed by atoms with Crippen molar-refractivity contribution in [2.75, 3.05) is 0 Å².